The molecule has 3 aromatic rings. The molecular formula is C23H22F3N3O4S. The first-order valence-electron chi connectivity index (χ1n) is 10.4. The van der Waals surface area contributed by atoms with Gasteiger partial charge in [0, 0.05) is 12.6 Å². The third-order valence-corrected chi connectivity index (χ3v) is 7.94. The SMILES string of the molecule is COC(=O)C1CC(S(=O)(=O)c2ccccc2)CN1c1cc(C)nn1-c1ccc(C(F)(F)F)cc1. The maximum Gasteiger partial charge on any atom is 0.416 e. The van der Waals surface area contributed by atoms with E-state index in [4.69, 9.17) is 4.74 Å². The second-order valence-electron chi connectivity index (χ2n) is 8.01. The average Bonchev–Trinajstić information content (AvgIpc) is 3.43. The normalized spacial score (nSPS) is 18.8. The van der Waals surface area contributed by atoms with Crippen molar-refractivity contribution in [2.75, 3.05) is 18.6 Å². The van der Waals surface area contributed by atoms with Crippen molar-refractivity contribution in [3.05, 3.63) is 71.9 Å². The lowest BCUT2D eigenvalue weighted by atomic mass is 10.2. The Morgan fingerprint density at radius 3 is 2.32 bits per heavy atom. The van der Waals surface area contributed by atoms with Crippen molar-refractivity contribution >= 4 is 21.6 Å². The van der Waals surface area contributed by atoms with Crippen LogP contribution in [0.1, 0.15) is 17.7 Å². The summed E-state index contributed by atoms with van der Waals surface area (Å²) >= 11 is 0. The predicted molar refractivity (Wildman–Crippen MR) is 118 cm³/mol. The molecule has 0 amide bonds. The number of alkyl halides is 3. The van der Waals surface area contributed by atoms with Crippen LogP contribution in [0.2, 0.25) is 0 Å². The smallest absolute Gasteiger partial charge is 0.416 e. The van der Waals surface area contributed by atoms with Crippen LogP contribution in [0, 0.1) is 6.92 Å². The molecule has 4 rings (SSSR count). The summed E-state index contributed by atoms with van der Waals surface area (Å²) in [5.74, 6) is -0.220. The molecule has 2 unspecified atom stereocenters. The van der Waals surface area contributed by atoms with Gasteiger partial charge in [-0.3, -0.25) is 0 Å². The van der Waals surface area contributed by atoms with E-state index in [1.807, 2.05) is 0 Å². The number of esters is 1. The van der Waals surface area contributed by atoms with E-state index in [1.165, 1.54) is 36.1 Å². The molecule has 1 saturated heterocycles. The van der Waals surface area contributed by atoms with E-state index in [0.717, 1.165) is 12.1 Å². The molecule has 0 spiro atoms. The summed E-state index contributed by atoms with van der Waals surface area (Å²) in [5, 5.41) is 3.48. The highest BCUT2D eigenvalue weighted by molar-refractivity contribution is 7.92. The molecule has 0 N–H and O–H groups in total. The maximum atomic E-state index is 13.3. The first kappa shape index (κ1) is 23.8. The number of sulfone groups is 1. The van der Waals surface area contributed by atoms with Crippen LogP contribution < -0.4 is 4.90 Å². The summed E-state index contributed by atoms with van der Waals surface area (Å²) < 4.78 is 71.8. The van der Waals surface area contributed by atoms with Crippen molar-refractivity contribution in [2.45, 2.75) is 35.7 Å². The van der Waals surface area contributed by atoms with Crippen molar-refractivity contribution in [2.24, 2.45) is 0 Å². The molecule has 2 heterocycles. The molecule has 1 aliphatic heterocycles. The van der Waals surface area contributed by atoms with E-state index < -0.39 is 38.8 Å². The van der Waals surface area contributed by atoms with Crippen LogP contribution in [0.25, 0.3) is 5.69 Å². The zero-order valence-electron chi connectivity index (χ0n) is 18.4. The first-order valence-corrected chi connectivity index (χ1v) is 11.9. The van der Waals surface area contributed by atoms with Gasteiger partial charge in [0.2, 0.25) is 0 Å². The van der Waals surface area contributed by atoms with E-state index in [2.05, 4.69) is 5.10 Å². The van der Waals surface area contributed by atoms with E-state index in [9.17, 15) is 26.4 Å². The van der Waals surface area contributed by atoms with E-state index in [1.54, 1.807) is 36.1 Å². The van der Waals surface area contributed by atoms with E-state index in [-0.39, 0.29) is 17.9 Å². The number of rotatable bonds is 5. The second-order valence-corrected chi connectivity index (χ2v) is 10.2. The van der Waals surface area contributed by atoms with Gasteiger partial charge in [-0.05, 0) is 49.7 Å². The van der Waals surface area contributed by atoms with Gasteiger partial charge in [-0.25, -0.2) is 17.9 Å². The Morgan fingerprint density at radius 2 is 1.74 bits per heavy atom. The maximum absolute atomic E-state index is 13.3. The Bertz CT molecular complexity index is 1290. The topological polar surface area (TPSA) is 81.5 Å². The van der Waals surface area contributed by atoms with Crippen molar-refractivity contribution in [1.82, 2.24) is 9.78 Å². The minimum atomic E-state index is -4.48. The first-order chi connectivity index (χ1) is 16.0. The number of hydrogen-bond acceptors (Lipinski definition) is 6. The monoisotopic (exact) mass is 493 g/mol. The number of halogens is 3. The zero-order chi connectivity index (χ0) is 24.7. The molecule has 0 aliphatic carbocycles. The summed E-state index contributed by atoms with van der Waals surface area (Å²) in [5.41, 5.74) is 0.0891. The van der Waals surface area contributed by atoms with Crippen LogP contribution in [-0.2, 0) is 25.5 Å². The van der Waals surface area contributed by atoms with Crippen molar-refractivity contribution in [3.8, 4) is 5.69 Å². The number of methoxy groups -OCH3 is 1. The molecule has 34 heavy (non-hydrogen) atoms. The summed E-state index contributed by atoms with van der Waals surface area (Å²) in [4.78, 5) is 14.3. The van der Waals surface area contributed by atoms with Crippen LogP contribution in [0.4, 0.5) is 19.0 Å². The Hall–Kier alpha value is -3.34. The highest BCUT2D eigenvalue weighted by atomic mass is 32.2. The van der Waals surface area contributed by atoms with Crippen LogP contribution in [0.15, 0.2) is 65.6 Å². The Kier molecular flexibility index (Phi) is 6.15. The molecule has 0 bridgehead atoms. The number of ether oxygens (including phenoxy) is 1. The molecule has 0 saturated carbocycles. The summed E-state index contributed by atoms with van der Waals surface area (Å²) in [6, 6.07) is 13.2. The minimum Gasteiger partial charge on any atom is -0.467 e. The van der Waals surface area contributed by atoms with E-state index in [0.29, 0.717) is 17.2 Å². The predicted octanol–water partition coefficient (Wildman–Crippen LogP) is 3.79. The lowest BCUT2D eigenvalue weighted by molar-refractivity contribution is -0.142. The van der Waals surface area contributed by atoms with Gasteiger partial charge in [0.15, 0.2) is 9.84 Å². The molecule has 7 nitrogen and oxygen atoms in total. The number of hydrogen-bond donors (Lipinski definition) is 0. The summed E-state index contributed by atoms with van der Waals surface area (Å²) in [7, 11) is -2.53. The lowest BCUT2D eigenvalue weighted by Gasteiger charge is -2.25. The number of anilines is 1. The van der Waals surface area contributed by atoms with Crippen molar-refractivity contribution in [1.29, 1.82) is 0 Å². The Labute approximate surface area is 194 Å². The third kappa shape index (κ3) is 4.39. The minimum absolute atomic E-state index is 0.00113. The molecular weight excluding hydrogens is 471 g/mol. The van der Waals surface area contributed by atoms with Crippen LogP contribution in [-0.4, -0.2) is 49.1 Å². The second kappa shape index (κ2) is 8.79. The summed E-state index contributed by atoms with van der Waals surface area (Å²) in [6.45, 7) is 1.69. The van der Waals surface area contributed by atoms with Crippen molar-refractivity contribution in [3.63, 3.8) is 0 Å². The Morgan fingerprint density at radius 1 is 1.09 bits per heavy atom. The number of carbonyl (C=O) groups is 1. The fourth-order valence-electron chi connectivity index (χ4n) is 4.11. The van der Waals surface area contributed by atoms with Crippen LogP contribution in [0.3, 0.4) is 0 Å². The highest BCUT2D eigenvalue weighted by Gasteiger charge is 2.45. The van der Waals surface area contributed by atoms with Gasteiger partial charge in [0.05, 0.1) is 34.2 Å². The fourth-order valence-corrected chi connectivity index (χ4v) is 5.82. The zero-order valence-corrected chi connectivity index (χ0v) is 19.2. The number of aromatic nitrogens is 2. The third-order valence-electron chi connectivity index (χ3n) is 5.79. The number of nitrogens with zero attached hydrogens (tertiary/aromatic N) is 3. The van der Waals surface area contributed by atoms with Gasteiger partial charge < -0.3 is 9.64 Å². The van der Waals surface area contributed by atoms with Crippen LogP contribution >= 0.6 is 0 Å². The van der Waals surface area contributed by atoms with Gasteiger partial charge in [-0.15, -0.1) is 0 Å². The largest absolute Gasteiger partial charge is 0.467 e. The van der Waals surface area contributed by atoms with Gasteiger partial charge in [-0.1, -0.05) is 18.2 Å². The quantitative estimate of drug-likeness (QED) is 0.503. The number of benzene rings is 2. The van der Waals surface area contributed by atoms with Gasteiger partial charge >= 0.3 is 12.1 Å². The molecule has 1 aromatic heterocycles. The van der Waals surface area contributed by atoms with E-state index >= 15 is 0 Å². The van der Waals surface area contributed by atoms with Crippen LogP contribution in [0.5, 0.6) is 0 Å². The lowest BCUT2D eigenvalue weighted by Crippen LogP contribution is -2.38. The van der Waals surface area contributed by atoms with Gasteiger partial charge in [-0.2, -0.15) is 18.3 Å². The standard InChI is InChI=1S/C23H22F3N3O4S/c1-15-12-21(29(27-15)17-10-8-16(9-11-17)23(24,25)26)28-14-19(13-20(28)22(30)33-2)34(31,32)18-6-4-3-5-7-18/h3-12,19-20H,13-14H2,1-2H3. The Balaban J connectivity index is 1.74. The highest BCUT2D eigenvalue weighted by Crippen LogP contribution is 2.35. The number of carbonyl (C=O) groups excluding carboxylic acids is 1. The molecule has 1 aliphatic rings. The molecule has 1 fully saturated rings. The molecule has 11 heteroatoms. The van der Waals surface area contributed by atoms with Gasteiger partial charge in [0.1, 0.15) is 11.9 Å². The average molecular weight is 494 g/mol. The molecule has 0 radical (unpaired) electrons. The molecule has 180 valence electrons. The van der Waals surface area contributed by atoms with Gasteiger partial charge in [0.25, 0.3) is 0 Å². The molecule has 2 aromatic carbocycles. The number of aryl methyl sites for hydroxylation is 1. The van der Waals surface area contributed by atoms with Crippen molar-refractivity contribution < 1.29 is 31.1 Å². The summed E-state index contributed by atoms with van der Waals surface area (Å²) in [6.07, 6.45) is -4.48. The fraction of sp³-hybridized carbons (Fsp3) is 0.304. The molecule has 2 atom stereocenters.